The summed E-state index contributed by atoms with van der Waals surface area (Å²) < 4.78 is 0. The molecule has 16 heavy (non-hydrogen) atoms. The molecule has 1 saturated carbocycles. The molecule has 94 valence electrons. The fourth-order valence-electron chi connectivity index (χ4n) is 2.57. The van der Waals surface area contributed by atoms with E-state index >= 15 is 0 Å². The van der Waals surface area contributed by atoms with Crippen molar-refractivity contribution in [2.24, 2.45) is 17.6 Å². The van der Waals surface area contributed by atoms with Crippen molar-refractivity contribution in [3.8, 4) is 0 Å². The maximum atomic E-state index is 11.9. The van der Waals surface area contributed by atoms with Crippen molar-refractivity contribution in [3.63, 3.8) is 0 Å². The van der Waals surface area contributed by atoms with Crippen LogP contribution >= 0.6 is 0 Å². The molecule has 2 N–H and O–H groups in total. The number of hydrogen-bond acceptors (Lipinski definition) is 2. The Labute approximate surface area is 99.4 Å². The van der Waals surface area contributed by atoms with E-state index in [4.69, 9.17) is 5.73 Å². The van der Waals surface area contributed by atoms with Gasteiger partial charge in [0.2, 0.25) is 5.91 Å². The summed E-state index contributed by atoms with van der Waals surface area (Å²) >= 11 is 0. The van der Waals surface area contributed by atoms with Crippen molar-refractivity contribution in [2.75, 3.05) is 13.6 Å². The molecule has 0 spiro atoms. The largest absolute Gasteiger partial charge is 0.345 e. The third kappa shape index (κ3) is 4.52. The average molecular weight is 226 g/mol. The molecular weight excluding hydrogens is 200 g/mol. The van der Waals surface area contributed by atoms with Crippen LogP contribution in [0.3, 0.4) is 0 Å². The molecule has 2 unspecified atom stereocenters. The summed E-state index contributed by atoms with van der Waals surface area (Å²) in [7, 11) is 1.91. The molecule has 0 aromatic heterocycles. The van der Waals surface area contributed by atoms with Gasteiger partial charge in [0, 0.05) is 26.1 Å². The Hall–Kier alpha value is -0.570. The molecule has 0 bridgehead atoms. The van der Waals surface area contributed by atoms with Crippen LogP contribution < -0.4 is 5.73 Å². The predicted molar refractivity (Wildman–Crippen MR) is 67.0 cm³/mol. The van der Waals surface area contributed by atoms with Gasteiger partial charge in [-0.05, 0) is 31.1 Å². The van der Waals surface area contributed by atoms with E-state index in [1.807, 2.05) is 11.9 Å². The summed E-state index contributed by atoms with van der Waals surface area (Å²) in [6, 6.07) is 0.321. The Morgan fingerprint density at radius 1 is 1.44 bits per heavy atom. The van der Waals surface area contributed by atoms with E-state index in [2.05, 4.69) is 13.8 Å². The highest BCUT2D eigenvalue weighted by atomic mass is 16.2. The van der Waals surface area contributed by atoms with E-state index in [1.54, 1.807) is 0 Å². The second-order valence-electron chi connectivity index (χ2n) is 5.66. The minimum absolute atomic E-state index is 0.285. The van der Waals surface area contributed by atoms with E-state index < -0.39 is 0 Å². The number of rotatable bonds is 4. The first-order valence-corrected chi connectivity index (χ1v) is 6.48. The number of carbonyl (C=O) groups is 1. The zero-order valence-corrected chi connectivity index (χ0v) is 10.9. The van der Waals surface area contributed by atoms with Gasteiger partial charge >= 0.3 is 0 Å². The molecule has 0 heterocycles. The molecule has 3 heteroatoms. The van der Waals surface area contributed by atoms with Crippen LogP contribution in [0.5, 0.6) is 0 Å². The molecule has 0 aromatic carbocycles. The summed E-state index contributed by atoms with van der Waals surface area (Å²) in [4.78, 5) is 13.8. The zero-order valence-electron chi connectivity index (χ0n) is 10.9. The van der Waals surface area contributed by atoms with E-state index in [0.717, 1.165) is 19.4 Å². The lowest BCUT2D eigenvalue weighted by Crippen LogP contribution is -2.34. The summed E-state index contributed by atoms with van der Waals surface area (Å²) in [5, 5.41) is 0. The molecule has 3 nitrogen and oxygen atoms in total. The van der Waals surface area contributed by atoms with Gasteiger partial charge in [-0.2, -0.15) is 0 Å². The normalized spacial score (nSPS) is 25.8. The van der Waals surface area contributed by atoms with Gasteiger partial charge in [0.05, 0.1) is 0 Å². The average Bonchev–Trinajstić information content (AvgIpc) is 2.16. The summed E-state index contributed by atoms with van der Waals surface area (Å²) in [5.41, 5.74) is 5.93. The van der Waals surface area contributed by atoms with Gasteiger partial charge in [0.25, 0.3) is 0 Å². The quantitative estimate of drug-likeness (QED) is 0.797. The molecular formula is C13H26N2O. The molecule has 1 amide bonds. The lowest BCUT2D eigenvalue weighted by molar-refractivity contribution is -0.131. The minimum atomic E-state index is 0.285. The lowest BCUT2D eigenvalue weighted by Gasteiger charge is -2.28. The first kappa shape index (κ1) is 13.5. The standard InChI is InChI=1S/C13H26N2O/c1-10(2)9-15(3)13(16)8-11-5-4-6-12(14)7-11/h10-12H,4-9,14H2,1-3H3. The van der Waals surface area contributed by atoms with Crippen molar-refractivity contribution >= 4 is 5.91 Å². The van der Waals surface area contributed by atoms with E-state index in [9.17, 15) is 4.79 Å². The lowest BCUT2D eigenvalue weighted by atomic mass is 9.84. The molecule has 1 fully saturated rings. The summed E-state index contributed by atoms with van der Waals surface area (Å²) in [5.74, 6) is 1.35. The monoisotopic (exact) mass is 226 g/mol. The Morgan fingerprint density at radius 2 is 2.12 bits per heavy atom. The maximum Gasteiger partial charge on any atom is 0.222 e. The van der Waals surface area contributed by atoms with Crippen LogP contribution in [0.4, 0.5) is 0 Å². The van der Waals surface area contributed by atoms with Crippen LogP contribution in [0.15, 0.2) is 0 Å². The minimum Gasteiger partial charge on any atom is -0.345 e. The highest BCUT2D eigenvalue weighted by Crippen LogP contribution is 2.26. The van der Waals surface area contributed by atoms with Gasteiger partial charge in [0.1, 0.15) is 0 Å². The van der Waals surface area contributed by atoms with Crippen LogP contribution in [-0.4, -0.2) is 30.4 Å². The Bertz CT molecular complexity index is 228. The van der Waals surface area contributed by atoms with Crippen molar-refractivity contribution in [3.05, 3.63) is 0 Å². The van der Waals surface area contributed by atoms with Gasteiger partial charge in [-0.15, -0.1) is 0 Å². The van der Waals surface area contributed by atoms with Gasteiger partial charge < -0.3 is 10.6 Å². The third-order valence-electron chi connectivity index (χ3n) is 3.35. The fraction of sp³-hybridized carbons (Fsp3) is 0.923. The first-order chi connectivity index (χ1) is 7.49. The molecule has 0 saturated heterocycles. The smallest absolute Gasteiger partial charge is 0.222 e. The van der Waals surface area contributed by atoms with Crippen molar-refractivity contribution in [1.29, 1.82) is 0 Å². The SMILES string of the molecule is CC(C)CN(C)C(=O)CC1CCCC(N)C1. The van der Waals surface area contributed by atoms with Crippen molar-refractivity contribution in [1.82, 2.24) is 4.90 Å². The van der Waals surface area contributed by atoms with Crippen LogP contribution in [0.1, 0.15) is 46.0 Å². The van der Waals surface area contributed by atoms with Crippen LogP contribution in [0.2, 0.25) is 0 Å². The molecule has 1 aliphatic carbocycles. The Kier molecular flexibility index (Phi) is 5.26. The van der Waals surface area contributed by atoms with E-state index in [-0.39, 0.29) is 5.91 Å². The highest BCUT2D eigenvalue weighted by Gasteiger charge is 2.23. The van der Waals surface area contributed by atoms with Crippen molar-refractivity contribution < 1.29 is 4.79 Å². The second kappa shape index (κ2) is 6.24. The second-order valence-corrected chi connectivity index (χ2v) is 5.66. The fourth-order valence-corrected chi connectivity index (χ4v) is 2.57. The number of hydrogen-bond donors (Lipinski definition) is 1. The Balaban J connectivity index is 2.32. The van der Waals surface area contributed by atoms with Gasteiger partial charge in [-0.1, -0.05) is 20.3 Å². The summed E-state index contributed by atoms with van der Waals surface area (Å²) in [6.07, 6.45) is 5.21. The third-order valence-corrected chi connectivity index (χ3v) is 3.35. The molecule has 0 aromatic rings. The Morgan fingerprint density at radius 3 is 2.69 bits per heavy atom. The summed E-state index contributed by atoms with van der Waals surface area (Å²) in [6.45, 7) is 5.14. The molecule has 1 rings (SSSR count). The molecule has 1 aliphatic rings. The van der Waals surface area contributed by atoms with Crippen LogP contribution in [0.25, 0.3) is 0 Å². The number of carbonyl (C=O) groups excluding carboxylic acids is 1. The van der Waals surface area contributed by atoms with Crippen LogP contribution in [-0.2, 0) is 4.79 Å². The topological polar surface area (TPSA) is 46.3 Å². The van der Waals surface area contributed by atoms with Gasteiger partial charge in [-0.3, -0.25) is 4.79 Å². The molecule has 0 aliphatic heterocycles. The van der Waals surface area contributed by atoms with E-state index in [1.165, 1.54) is 12.8 Å². The maximum absolute atomic E-state index is 11.9. The zero-order chi connectivity index (χ0) is 12.1. The highest BCUT2D eigenvalue weighted by molar-refractivity contribution is 5.76. The van der Waals surface area contributed by atoms with Crippen molar-refractivity contribution in [2.45, 2.75) is 52.0 Å². The van der Waals surface area contributed by atoms with E-state index in [0.29, 0.717) is 24.3 Å². The first-order valence-electron chi connectivity index (χ1n) is 6.48. The van der Waals surface area contributed by atoms with Crippen LogP contribution in [0, 0.1) is 11.8 Å². The molecule has 2 atom stereocenters. The number of nitrogens with two attached hydrogens (primary N) is 1. The molecule has 0 radical (unpaired) electrons. The number of nitrogens with zero attached hydrogens (tertiary/aromatic N) is 1. The number of amides is 1. The van der Waals surface area contributed by atoms with Gasteiger partial charge in [-0.25, -0.2) is 0 Å². The van der Waals surface area contributed by atoms with Gasteiger partial charge in [0.15, 0.2) is 0 Å². The predicted octanol–water partition coefficient (Wildman–Crippen LogP) is 2.01.